The van der Waals surface area contributed by atoms with Crippen LogP contribution in [-0.4, -0.2) is 33.8 Å². The van der Waals surface area contributed by atoms with E-state index in [0.717, 1.165) is 22.1 Å². The molecule has 0 radical (unpaired) electrons. The Balaban J connectivity index is 2.04. The molecule has 1 aromatic carbocycles. The van der Waals surface area contributed by atoms with Crippen molar-refractivity contribution in [1.82, 2.24) is 20.3 Å². The number of nitrogens with zero attached hydrogens (tertiary/aromatic N) is 3. The van der Waals surface area contributed by atoms with Crippen molar-refractivity contribution in [3.63, 3.8) is 0 Å². The molecule has 0 spiro atoms. The van der Waals surface area contributed by atoms with E-state index in [2.05, 4.69) is 25.6 Å². The van der Waals surface area contributed by atoms with Crippen molar-refractivity contribution in [2.75, 3.05) is 11.9 Å². The Bertz CT molecular complexity index is 863. The van der Waals surface area contributed by atoms with Gasteiger partial charge >= 0.3 is 6.03 Å². The molecule has 8 heteroatoms. The number of aromatic nitrogens is 3. The van der Waals surface area contributed by atoms with Gasteiger partial charge in [0.25, 0.3) is 0 Å². The standard InChI is InChI=1S/C15H13N5O2S/c1-2-18-14(22)20-15-19-12-4-9(11-5-16-8-17-6-11)3-10(7-21)13(12)23-15/h3-8H,2H2,1H3,(H2,18,19,20,22). The number of carbonyl (C=O) groups excluding carboxylic acids is 2. The van der Waals surface area contributed by atoms with Crippen molar-refractivity contribution in [2.45, 2.75) is 6.92 Å². The Kier molecular flexibility index (Phi) is 4.24. The first-order valence-corrected chi connectivity index (χ1v) is 7.73. The third-order valence-corrected chi connectivity index (χ3v) is 4.13. The Morgan fingerprint density at radius 2 is 2.04 bits per heavy atom. The number of carbonyl (C=O) groups is 2. The Labute approximate surface area is 135 Å². The van der Waals surface area contributed by atoms with Gasteiger partial charge in [-0.2, -0.15) is 0 Å². The minimum absolute atomic E-state index is 0.323. The number of fused-ring (bicyclic) bond motifs is 1. The van der Waals surface area contributed by atoms with Gasteiger partial charge in [0.15, 0.2) is 11.4 Å². The summed E-state index contributed by atoms with van der Waals surface area (Å²) in [6, 6.07) is 3.29. The summed E-state index contributed by atoms with van der Waals surface area (Å²) in [5.41, 5.74) is 2.76. The molecule has 7 nitrogen and oxygen atoms in total. The highest BCUT2D eigenvalue weighted by Gasteiger charge is 2.12. The van der Waals surface area contributed by atoms with Crippen LogP contribution in [0.4, 0.5) is 9.93 Å². The zero-order valence-electron chi connectivity index (χ0n) is 12.2. The summed E-state index contributed by atoms with van der Waals surface area (Å²) in [6.45, 7) is 2.35. The van der Waals surface area contributed by atoms with Crippen LogP contribution in [0.5, 0.6) is 0 Å². The molecule has 0 aliphatic carbocycles. The number of hydrogen-bond donors (Lipinski definition) is 2. The van der Waals surface area contributed by atoms with Gasteiger partial charge in [0.05, 0.1) is 10.2 Å². The molecule has 2 amide bonds. The van der Waals surface area contributed by atoms with Crippen molar-refractivity contribution < 1.29 is 9.59 Å². The summed E-state index contributed by atoms with van der Waals surface area (Å²) < 4.78 is 0.729. The zero-order valence-corrected chi connectivity index (χ0v) is 13.1. The number of thiazole rings is 1. The van der Waals surface area contributed by atoms with E-state index in [-0.39, 0.29) is 6.03 Å². The molecule has 116 valence electrons. The van der Waals surface area contributed by atoms with E-state index in [4.69, 9.17) is 0 Å². The van der Waals surface area contributed by atoms with Crippen LogP contribution in [0.15, 0.2) is 30.9 Å². The van der Waals surface area contributed by atoms with Crippen LogP contribution in [0.2, 0.25) is 0 Å². The summed E-state index contributed by atoms with van der Waals surface area (Å²) in [5.74, 6) is 0. The molecule has 0 atom stereocenters. The lowest BCUT2D eigenvalue weighted by Gasteiger charge is -2.01. The second kappa shape index (κ2) is 6.49. The molecule has 0 aliphatic rings. The summed E-state index contributed by atoms with van der Waals surface area (Å²) in [5, 5.41) is 5.73. The van der Waals surface area contributed by atoms with Crippen molar-refractivity contribution >= 4 is 39.0 Å². The maximum Gasteiger partial charge on any atom is 0.321 e. The maximum absolute atomic E-state index is 11.6. The molecule has 0 bridgehead atoms. The molecular weight excluding hydrogens is 314 g/mol. The van der Waals surface area contributed by atoms with Crippen LogP contribution < -0.4 is 10.6 Å². The highest BCUT2D eigenvalue weighted by atomic mass is 32.1. The fourth-order valence-corrected chi connectivity index (χ4v) is 3.03. The normalized spacial score (nSPS) is 10.5. The number of amides is 2. The van der Waals surface area contributed by atoms with Crippen molar-refractivity contribution in [2.24, 2.45) is 0 Å². The third-order valence-electron chi connectivity index (χ3n) is 3.10. The molecular formula is C15H13N5O2S. The van der Waals surface area contributed by atoms with Gasteiger partial charge in [-0.05, 0) is 24.6 Å². The number of nitrogens with one attached hydrogen (secondary N) is 2. The Morgan fingerprint density at radius 3 is 2.74 bits per heavy atom. The molecule has 2 aromatic heterocycles. The summed E-state index contributed by atoms with van der Waals surface area (Å²) in [4.78, 5) is 35.3. The van der Waals surface area contributed by atoms with E-state index in [9.17, 15) is 9.59 Å². The van der Waals surface area contributed by atoms with Gasteiger partial charge in [-0.25, -0.2) is 19.7 Å². The van der Waals surface area contributed by atoms with Gasteiger partial charge in [0, 0.05) is 30.1 Å². The minimum Gasteiger partial charge on any atom is -0.338 e. The van der Waals surface area contributed by atoms with E-state index in [1.54, 1.807) is 18.5 Å². The molecule has 3 aromatic rings. The average molecular weight is 327 g/mol. The van der Waals surface area contributed by atoms with Crippen LogP contribution in [-0.2, 0) is 0 Å². The highest BCUT2D eigenvalue weighted by molar-refractivity contribution is 7.22. The first kappa shape index (κ1) is 15.0. The number of aldehydes is 1. The van der Waals surface area contributed by atoms with Gasteiger partial charge in [0.1, 0.15) is 6.33 Å². The zero-order chi connectivity index (χ0) is 16.2. The minimum atomic E-state index is -0.323. The van der Waals surface area contributed by atoms with Crippen LogP contribution in [0.3, 0.4) is 0 Å². The molecule has 23 heavy (non-hydrogen) atoms. The first-order valence-electron chi connectivity index (χ1n) is 6.91. The molecule has 0 aliphatic heterocycles. The predicted octanol–water partition coefficient (Wildman–Crippen LogP) is 2.71. The van der Waals surface area contributed by atoms with Gasteiger partial charge in [-0.3, -0.25) is 10.1 Å². The molecule has 0 fully saturated rings. The molecule has 0 saturated heterocycles. The van der Waals surface area contributed by atoms with Crippen molar-refractivity contribution in [3.8, 4) is 11.1 Å². The number of rotatable bonds is 4. The monoisotopic (exact) mass is 327 g/mol. The van der Waals surface area contributed by atoms with Crippen molar-refractivity contribution in [1.29, 1.82) is 0 Å². The SMILES string of the molecule is CCNC(=O)Nc1nc2cc(-c3cncnc3)cc(C=O)c2s1. The summed E-state index contributed by atoms with van der Waals surface area (Å²) in [7, 11) is 0. The quantitative estimate of drug-likeness (QED) is 0.718. The van der Waals surface area contributed by atoms with Gasteiger partial charge in [-0.1, -0.05) is 11.3 Å². The predicted molar refractivity (Wildman–Crippen MR) is 88.7 cm³/mol. The lowest BCUT2D eigenvalue weighted by atomic mass is 10.1. The largest absolute Gasteiger partial charge is 0.338 e. The van der Waals surface area contributed by atoms with Crippen LogP contribution in [0.1, 0.15) is 17.3 Å². The van der Waals surface area contributed by atoms with Crippen LogP contribution in [0, 0.1) is 0 Å². The molecule has 0 saturated carbocycles. The topological polar surface area (TPSA) is 96.9 Å². The van der Waals surface area contributed by atoms with Gasteiger partial charge in [0.2, 0.25) is 0 Å². The van der Waals surface area contributed by atoms with E-state index < -0.39 is 0 Å². The smallest absolute Gasteiger partial charge is 0.321 e. The average Bonchev–Trinajstić information content (AvgIpc) is 2.97. The van der Waals surface area contributed by atoms with Crippen molar-refractivity contribution in [3.05, 3.63) is 36.4 Å². The Morgan fingerprint density at radius 1 is 1.26 bits per heavy atom. The highest BCUT2D eigenvalue weighted by Crippen LogP contribution is 2.32. The second-order valence-corrected chi connectivity index (χ2v) is 5.66. The van der Waals surface area contributed by atoms with E-state index in [1.165, 1.54) is 17.7 Å². The number of urea groups is 1. The lowest BCUT2D eigenvalue weighted by molar-refractivity contribution is 0.112. The fourth-order valence-electron chi connectivity index (χ4n) is 2.12. The molecule has 3 rings (SSSR count). The van der Waals surface area contributed by atoms with E-state index in [1.807, 2.05) is 13.0 Å². The molecule has 2 heterocycles. The van der Waals surface area contributed by atoms with Gasteiger partial charge in [-0.15, -0.1) is 0 Å². The number of anilines is 1. The molecule has 2 N–H and O–H groups in total. The summed E-state index contributed by atoms with van der Waals surface area (Å²) >= 11 is 1.26. The second-order valence-electron chi connectivity index (χ2n) is 4.66. The van der Waals surface area contributed by atoms with Crippen LogP contribution in [0.25, 0.3) is 21.3 Å². The first-order chi connectivity index (χ1) is 11.2. The van der Waals surface area contributed by atoms with E-state index in [0.29, 0.717) is 22.8 Å². The van der Waals surface area contributed by atoms with Crippen LogP contribution >= 0.6 is 11.3 Å². The lowest BCUT2D eigenvalue weighted by Crippen LogP contribution is -2.28. The van der Waals surface area contributed by atoms with E-state index >= 15 is 0 Å². The maximum atomic E-state index is 11.6. The third kappa shape index (κ3) is 3.16. The number of hydrogen-bond acceptors (Lipinski definition) is 6. The van der Waals surface area contributed by atoms with Gasteiger partial charge < -0.3 is 5.32 Å². The fraction of sp³-hybridized carbons (Fsp3) is 0.133. The molecule has 0 unspecified atom stereocenters. The summed E-state index contributed by atoms with van der Waals surface area (Å²) in [6.07, 6.45) is 5.57. The number of benzene rings is 1. The Hall–Kier alpha value is -2.87.